The normalized spacial score (nSPS) is 21.9. The molecule has 0 amide bonds. The van der Waals surface area contributed by atoms with Crippen molar-refractivity contribution in [3.05, 3.63) is 23.4 Å². The van der Waals surface area contributed by atoms with Gasteiger partial charge in [-0.2, -0.15) is 0 Å². The molecule has 2 rings (SSSR count). The van der Waals surface area contributed by atoms with Gasteiger partial charge in [0, 0.05) is 12.8 Å². The fourth-order valence-corrected chi connectivity index (χ4v) is 1.72. The minimum absolute atomic E-state index is 0.344. The third-order valence-electron chi connectivity index (χ3n) is 2.26. The van der Waals surface area contributed by atoms with Crippen molar-refractivity contribution in [2.45, 2.75) is 18.9 Å². The summed E-state index contributed by atoms with van der Waals surface area (Å²) < 4.78 is 5.36. The predicted molar refractivity (Wildman–Crippen MR) is 56.7 cm³/mol. The summed E-state index contributed by atoms with van der Waals surface area (Å²) in [7, 11) is 0. The fourth-order valence-electron chi connectivity index (χ4n) is 1.54. The molecule has 0 aromatic carbocycles. The monoisotopic (exact) mass is 212 g/mol. The van der Waals surface area contributed by atoms with Gasteiger partial charge >= 0.3 is 0 Å². The van der Waals surface area contributed by atoms with E-state index in [0.29, 0.717) is 11.1 Å². The molecule has 1 aromatic rings. The van der Waals surface area contributed by atoms with E-state index in [1.807, 2.05) is 12.1 Å². The van der Waals surface area contributed by atoms with Gasteiger partial charge in [0.25, 0.3) is 0 Å². The standard InChI is InChI=1S/C10H13ClN2O/c11-9-4-1-5-12-10(9)13-8-3-2-6-14-7-8/h1,4-5,8H,2-3,6-7H2,(H,12,13)/t8-/m1/s1. The molecule has 1 saturated heterocycles. The number of hydrogen-bond acceptors (Lipinski definition) is 3. The summed E-state index contributed by atoms with van der Waals surface area (Å²) in [5.74, 6) is 0.754. The van der Waals surface area contributed by atoms with E-state index in [1.54, 1.807) is 6.20 Å². The van der Waals surface area contributed by atoms with E-state index in [4.69, 9.17) is 16.3 Å². The molecule has 0 spiro atoms. The van der Waals surface area contributed by atoms with E-state index in [2.05, 4.69) is 10.3 Å². The summed E-state index contributed by atoms with van der Waals surface area (Å²) in [5, 5.41) is 3.95. The third kappa shape index (κ3) is 2.36. The van der Waals surface area contributed by atoms with Crippen molar-refractivity contribution in [3.8, 4) is 0 Å². The van der Waals surface area contributed by atoms with Gasteiger partial charge in [0.1, 0.15) is 5.82 Å². The van der Waals surface area contributed by atoms with Gasteiger partial charge in [0.2, 0.25) is 0 Å². The molecule has 4 heteroatoms. The second-order valence-electron chi connectivity index (χ2n) is 3.39. The van der Waals surface area contributed by atoms with Gasteiger partial charge in [-0.25, -0.2) is 4.98 Å². The highest BCUT2D eigenvalue weighted by atomic mass is 35.5. The van der Waals surface area contributed by atoms with Gasteiger partial charge in [-0.3, -0.25) is 0 Å². The molecule has 0 radical (unpaired) electrons. The van der Waals surface area contributed by atoms with Crippen LogP contribution >= 0.6 is 11.6 Å². The Morgan fingerprint density at radius 1 is 1.57 bits per heavy atom. The zero-order chi connectivity index (χ0) is 9.80. The molecule has 14 heavy (non-hydrogen) atoms. The quantitative estimate of drug-likeness (QED) is 0.817. The van der Waals surface area contributed by atoms with Crippen LogP contribution in [0.4, 0.5) is 5.82 Å². The number of nitrogens with zero attached hydrogens (tertiary/aromatic N) is 1. The SMILES string of the molecule is Clc1cccnc1N[C@@H]1CCCOC1. The second-order valence-corrected chi connectivity index (χ2v) is 3.80. The summed E-state index contributed by atoms with van der Waals surface area (Å²) >= 11 is 5.98. The van der Waals surface area contributed by atoms with Crippen LogP contribution in [-0.2, 0) is 4.74 Å². The highest BCUT2D eigenvalue weighted by Crippen LogP contribution is 2.20. The number of anilines is 1. The van der Waals surface area contributed by atoms with Crippen LogP contribution in [0, 0.1) is 0 Å². The lowest BCUT2D eigenvalue weighted by molar-refractivity contribution is 0.0875. The van der Waals surface area contributed by atoms with Gasteiger partial charge in [-0.15, -0.1) is 0 Å². The molecule has 1 atom stereocenters. The smallest absolute Gasteiger partial charge is 0.145 e. The lowest BCUT2D eigenvalue weighted by Gasteiger charge is -2.23. The summed E-state index contributed by atoms with van der Waals surface area (Å²) in [6.07, 6.45) is 3.95. The molecular formula is C10H13ClN2O. The van der Waals surface area contributed by atoms with Crippen LogP contribution in [0.2, 0.25) is 5.02 Å². The first-order valence-electron chi connectivity index (χ1n) is 4.81. The molecular weight excluding hydrogens is 200 g/mol. The summed E-state index contributed by atoms with van der Waals surface area (Å²) in [6, 6.07) is 4.00. The average Bonchev–Trinajstić information content (AvgIpc) is 2.23. The Kier molecular flexibility index (Phi) is 3.22. The molecule has 0 bridgehead atoms. The number of hydrogen-bond donors (Lipinski definition) is 1. The van der Waals surface area contributed by atoms with E-state index in [-0.39, 0.29) is 0 Å². The largest absolute Gasteiger partial charge is 0.379 e. The first kappa shape index (κ1) is 9.74. The Labute approximate surface area is 88.4 Å². The second kappa shape index (κ2) is 4.62. The summed E-state index contributed by atoms with van der Waals surface area (Å²) in [5.41, 5.74) is 0. The number of rotatable bonds is 2. The topological polar surface area (TPSA) is 34.2 Å². The Morgan fingerprint density at radius 3 is 3.21 bits per heavy atom. The van der Waals surface area contributed by atoms with Gasteiger partial charge in [0.15, 0.2) is 0 Å². The number of aromatic nitrogens is 1. The molecule has 0 unspecified atom stereocenters. The van der Waals surface area contributed by atoms with E-state index in [1.165, 1.54) is 0 Å². The first-order valence-corrected chi connectivity index (χ1v) is 5.19. The van der Waals surface area contributed by atoms with Crippen molar-refractivity contribution >= 4 is 17.4 Å². The van der Waals surface area contributed by atoms with Crippen molar-refractivity contribution < 1.29 is 4.74 Å². The molecule has 0 saturated carbocycles. The lowest BCUT2D eigenvalue weighted by Crippen LogP contribution is -2.30. The number of nitrogens with one attached hydrogen (secondary N) is 1. The highest BCUT2D eigenvalue weighted by molar-refractivity contribution is 6.32. The van der Waals surface area contributed by atoms with Gasteiger partial charge < -0.3 is 10.1 Å². The third-order valence-corrected chi connectivity index (χ3v) is 2.56. The minimum atomic E-state index is 0.344. The molecule has 76 valence electrons. The molecule has 1 aliphatic heterocycles. The fraction of sp³-hybridized carbons (Fsp3) is 0.500. The maximum atomic E-state index is 5.98. The van der Waals surface area contributed by atoms with Crippen LogP contribution < -0.4 is 5.32 Å². The Balaban J connectivity index is 1.99. The van der Waals surface area contributed by atoms with E-state index >= 15 is 0 Å². The Hall–Kier alpha value is -0.800. The predicted octanol–water partition coefficient (Wildman–Crippen LogP) is 2.33. The average molecular weight is 213 g/mol. The summed E-state index contributed by atoms with van der Waals surface area (Å²) in [4.78, 5) is 4.17. The maximum Gasteiger partial charge on any atom is 0.145 e. The molecule has 1 fully saturated rings. The first-order chi connectivity index (χ1) is 6.86. The van der Waals surface area contributed by atoms with Gasteiger partial charge in [-0.05, 0) is 25.0 Å². The van der Waals surface area contributed by atoms with Crippen molar-refractivity contribution in [3.63, 3.8) is 0 Å². The highest BCUT2D eigenvalue weighted by Gasteiger charge is 2.14. The van der Waals surface area contributed by atoms with Crippen LogP contribution in [0.3, 0.4) is 0 Å². The van der Waals surface area contributed by atoms with Crippen molar-refractivity contribution in [2.24, 2.45) is 0 Å². The maximum absolute atomic E-state index is 5.98. The molecule has 0 aliphatic carbocycles. The van der Waals surface area contributed by atoms with Crippen molar-refractivity contribution in [1.82, 2.24) is 4.98 Å². The van der Waals surface area contributed by atoms with Crippen LogP contribution in [0.25, 0.3) is 0 Å². The molecule has 1 aliphatic rings. The van der Waals surface area contributed by atoms with Crippen LogP contribution in [0.5, 0.6) is 0 Å². The zero-order valence-corrected chi connectivity index (χ0v) is 8.63. The molecule has 1 aromatic heterocycles. The van der Waals surface area contributed by atoms with Gasteiger partial charge in [-0.1, -0.05) is 11.6 Å². The molecule has 2 heterocycles. The van der Waals surface area contributed by atoms with Crippen molar-refractivity contribution in [1.29, 1.82) is 0 Å². The number of ether oxygens (including phenoxy) is 1. The van der Waals surface area contributed by atoms with Crippen LogP contribution in [0.1, 0.15) is 12.8 Å². The van der Waals surface area contributed by atoms with E-state index < -0.39 is 0 Å². The van der Waals surface area contributed by atoms with E-state index in [0.717, 1.165) is 31.9 Å². The van der Waals surface area contributed by atoms with Gasteiger partial charge in [0.05, 0.1) is 17.7 Å². The summed E-state index contributed by atoms with van der Waals surface area (Å²) in [6.45, 7) is 1.61. The lowest BCUT2D eigenvalue weighted by atomic mass is 10.1. The van der Waals surface area contributed by atoms with Crippen LogP contribution in [-0.4, -0.2) is 24.2 Å². The van der Waals surface area contributed by atoms with Crippen molar-refractivity contribution in [2.75, 3.05) is 18.5 Å². The number of halogens is 1. The minimum Gasteiger partial charge on any atom is -0.379 e. The number of pyridine rings is 1. The Morgan fingerprint density at radius 2 is 2.50 bits per heavy atom. The Bertz CT molecular complexity index is 300. The molecule has 1 N–H and O–H groups in total. The zero-order valence-electron chi connectivity index (χ0n) is 7.87. The van der Waals surface area contributed by atoms with Crippen LogP contribution in [0.15, 0.2) is 18.3 Å². The molecule has 3 nitrogen and oxygen atoms in total. The van der Waals surface area contributed by atoms with E-state index in [9.17, 15) is 0 Å².